The Hall–Kier alpha value is -2.63. The number of aromatic nitrogens is 2. The molecular formula is C17H22N4O2. The fourth-order valence-electron chi connectivity index (χ4n) is 1.94. The number of amides is 1. The fourth-order valence-corrected chi connectivity index (χ4v) is 1.94. The first kappa shape index (κ1) is 16.7. The van der Waals surface area contributed by atoms with E-state index in [-0.39, 0.29) is 12.0 Å². The molecular weight excluding hydrogens is 292 g/mol. The molecule has 0 bridgehead atoms. The summed E-state index contributed by atoms with van der Waals surface area (Å²) in [5, 5.41) is 6.02. The SMILES string of the molecule is CCC(=O)Nc1ccc(Nc2cc(OC(C)C)nc(C)n2)cc1. The molecule has 0 radical (unpaired) electrons. The van der Waals surface area contributed by atoms with Crippen LogP contribution in [0.25, 0.3) is 0 Å². The molecule has 2 N–H and O–H groups in total. The number of carbonyl (C=O) groups excluding carboxylic acids is 1. The summed E-state index contributed by atoms with van der Waals surface area (Å²) in [7, 11) is 0. The molecule has 0 saturated carbocycles. The zero-order chi connectivity index (χ0) is 16.8. The molecule has 1 heterocycles. The van der Waals surface area contributed by atoms with E-state index >= 15 is 0 Å². The molecule has 0 aliphatic rings. The van der Waals surface area contributed by atoms with Gasteiger partial charge < -0.3 is 15.4 Å². The van der Waals surface area contributed by atoms with Gasteiger partial charge >= 0.3 is 0 Å². The number of anilines is 3. The fraction of sp³-hybridized carbons (Fsp3) is 0.353. The van der Waals surface area contributed by atoms with Gasteiger partial charge in [0.1, 0.15) is 11.6 Å². The van der Waals surface area contributed by atoms with Crippen molar-refractivity contribution in [3.8, 4) is 5.88 Å². The number of rotatable bonds is 6. The van der Waals surface area contributed by atoms with Gasteiger partial charge in [0, 0.05) is 23.9 Å². The van der Waals surface area contributed by atoms with Crippen molar-refractivity contribution in [2.75, 3.05) is 10.6 Å². The predicted molar refractivity (Wildman–Crippen MR) is 91.2 cm³/mol. The Bertz CT molecular complexity index is 669. The second kappa shape index (κ2) is 7.58. The average molecular weight is 314 g/mol. The van der Waals surface area contributed by atoms with Crippen LogP contribution in [0.5, 0.6) is 5.88 Å². The maximum absolute atomic E-state index is 11.4. The van der Waals surface area contributed by atoms with Gasteiger partial charge in [0.15, 0.2) is 0 Å². The molecule has 0 fully saturated rings. The largest absolute Gasteiger partial charge is 0.475 e. The second-order valence-corrected chi connectivity index (χ2v) is 5.41. The van der Waals surface area contributed by atoms with E-state index in [0.29, 0.717) is 23.9 Å². The summed E-state index contributed by atoms with van der Waals surface area (Å²) in [5.41, 5.74) is 1.64. The molecule has 0 saturated heterocycles. The predicted octanol–water partition coefficient (Wildman–Crippen LogP) is 3.66. The summed E-state index contributed by atoms with van der Waals surface area (Å²) < 4.78 is 5.61. The number of ether oxygens (including phenoxy) is 1. The highest BCUT2D eigenvalue weighted by atomic mass is 16.5. The van der Waals surface area contributed by atoms with E-state index in [9.17, 15) is 4.79 Å². The van der Waals surface area contributed by atoms with Crippen LogP contribution >= 0.6 is 0 Å². The van der Waals surface area contributed by atoms with Crippen LogP contribution in [-0.4, -0.2) is 22.0 Å². The minimum Gasteiger partial charge on any atom is -0.475 e. The zero-order valence-electron chi connectivity index (χ0n) is 13.9. The van der Waals surface area contributed by atoms with Gasteiger partial charge in [0.25, 0.3) is 0 Å². The van der Waals surface area contributed by atoms with Crippen molar-refractivity contribution in [1.29, 1.82) is 0 Å². The van der Waals surface area contributed by atoms with Crippen LogP contribution in [0, 0.1) is 6.92 Å². The number of nitrogens with one attached hydrogen (secondary N) is 2. The third-order valence-corrected chi connectivity index (χ3v) is 2.93. The number of aryl methyl sites for hydroxylation is 1. The van der Waals surface area contributed by atoms with Crippen LogP contribution in [0.4, 0.5) is 17.2 Å². The highest BCUT2D eigenvalue weighted by molar-refractivity contribution is 5.90. The molecule has 2 aromatic rings. The summed E-state index contributed by atoms with van der Waals surface area (Å²) in [6, 6.07) is 9.21. The van der Waals surface area contributed by atoms with Crippen molar-refractivity contribution in [3.05, 3.63) is 36.2 Å². The first-order chi connectivity index (χ1) is 11.0. The second-order valence-electron chi connectivity index (χ2n) is 5.41. The molecule has 0 atom stereocenters. The van der Waals surface area contributed by atoms with Gasteiger partial charge in [-0.3, -0.25) is 4.79 Å². The van der Waals surface area contributed by atoms with Crippen molar-refractivity contribution in [2.45, 2.75) is 40.2 Å². The van der Waals surface area contributed by atoms with Crippen molar-refractivity contribution in [1.82, 2.24) is 9.97 Å². The summed E-state index contributed by atoms with van der Waals surface area (Å²) in [4.78, 5) is 20.0. The monoisotopic (exact) mass is 314 g/mol. The summed E-state index contributed by atoms with van der Waals surface area (Å²) >= 11 is 0. The molecule has 6 nitrogen and oxygen atoms in total. The number of hydrogen-bond donors (Lipinski definition) is 2. The van der Waals surface area contributed by atoms with Gasteiger partial charge in [-0.1, -0.05) is 6.92 Å². The van der Waals surface area contributed by atoms with E-state index in [1.54, 1.807) is 6.07 Å². The molecule has 122 valence electrons. The topological polar surface area (TPSA) is 76.1 Å². The maximum atomic E-state index is 11.4. The van der Waals surface area contributed by atoms with Crippen molar-refractivity contribution < 1.29 is 9.53 Å². The Morgan fingerprint density at radius 1 is 1.17 bits per heavy atom. The van der Waals surface area contributed by atoms with Gasteiger partial charge in [-0.05, 0) is 45.0 Å². The highest BCUT2D eigenvalue weighted by Crippen LogP contribution is 2.21. The van der Waals surface area contributed by atoms with Crippen LogP contribution in [-0.2, 0) is 4.79 Å². The Kier molecular flexibility index (Phi) is 5.51. The molecule has 6 heteroatoms. The van der Waals surface area contributed by atoms with Crippen LogP contribution in [0.3, 0.4) is 0 Å². The van der Waals surface area contributed by atoms with Crippen molar-refractivity contribution >= 4 is 23.1 Å². The zero-order valence-corrected chi connectivity index (χ0v) is 13.9. The third-order valence-electron chi connectivity index (χ3n) is 2.93. The molecule has 0 aliphatic heterocycles. The van der Waals surface area contributed by atoms with Crippen LogP contribution in [0.2, 0.25) is 0 Å². The van der Waals surface area contributed by atoms with E-state index < -0.39 is 0 Å². The molecule has 1 aromatic carbocycles. The highest BCUT2D eigenvalue weighted by Gasteiger charge is 2.06. The van der Waals surface area contributed by atoms with E-state index in [4.69, 9.17) is 4.74 Å². The number of nitrogens with zero attached hydrogens (tertiary/aromatic N) is 2. The van der Waals surface area contributed by atoms with Gasteiger partial charge in [-0.15, -0.1) is 0 Å². The van der Waals surface area contributed by atoms with E-state index in [0.717, 1.165) is 11.4 Å². The number of hydrogen-bond acceptors (Lipinski definition) is 5. The lowest BCUT2D eigenvalue weighted by Crippen LogP contribution is -2.09. The lowest BCUT2D eigenvalue weighted by molar-refractivity contribution is -0.115. The minimum absolute atomic E-state index is 0.00684. The standard InChI is InChI=1S/C17H22N4O2/c1-5-16(22)21-14-8-6-13(7-9-14)20-15-10-17(23-11(2)3)19-12(4)18-15/h6-11H,5H2,1-4H3,(H,21,22)(H,18,19,20). The lowest BCUT2D eigenvalue weighted by Gasteiger charge is -2.12. The van der Waals surface area contributed by atoms with Crippen LogP contribution in [0.1, 0.15) is 33.0 Å². The van der Waals surface area contributed by atoms with Crippen molar-refractivity contribution in [2.24, 2.45) is 0 Å². The normalized spacial score (nSPS) is 10.5. The Balaban J connectivity index is 2.09. The molecule has 0 unspecified atom stereocenters. The smallest absolute Gasteiger partial charge is 0.224 e. The van der Waals surface area contributed by atoms with Crippen molar-refractivity contribution in [3.63, 3.8) is 0 Å². The Morgan fingerprint density at radius 3 is 2.43 bits per heavy atom. The molecule has 0 aliphatic carbocycles. The first-order valence-corrected chi connectivity index (χ1v) is 7.65. The molecule has 1 aromatic heterocycles. The lowest BCUT2D eigenvalue weighted by atomic mass is 10.2. The number of carbonyl (C=O) groups is 1. The quantitative estimate of drug-likeness (QED) is 0.851. The molecule has 2 rings (SSSR count). The molecule has 1 amide bonds. The first-order valence-electron chi connectivity index (χ1n) is 7.65. The summed E-state index contributed by atoms with van der Waals surface area (Å²) in [6.07, 6.45) is 0.511. The van der Waals surface area contributed by atoms with Crippen LogP contribution in [0.15, 0.2) is 30.3 Å². The molecule has 23 heavy (non-hydrogen) atoms. The minimum atomic E-state index is -0.00684. The van der Waals surface area contributed by atoms with Crippen LogP contribution < -0.4 is 15.4 Å². The van der Waals surface area contributed by atoms with Gasteiger partial charge in [0.2, 0.25) is 11.8 Å². The summed E-state index contributed by atoms with van der Waals surface area (Å²) in [5.74, 6) is 1.84. The third kappa shape index (κ3) is 5.25. The molecule has 0 spiro atoms. The van der Waals surface area contributed by atoms with E-state index in [2.05, 4.69) is 20.6 Å². The van der Waals surface area contributed by atoms with E-state index in [1.807, 2.05) is 52.0 Å². The Labute approximate surface area is 136 Å². The number of benzene rings is 1. The maximum Gasteiger partial charge on any atom is 0.224 e. The summed E-state index contributed by atoms with van der Waals surface area (Å²) in [6.45, 7) is 7.54. The van der Waals surface area contributed by atoms with Gasteiger partial charge in [-0.25, -0.2) is 4.98 Å². The average Bonchev–Trinajstić information content (AvgIpc) is 2.47. The van der Waals surface area contributed by atoms with Gasteiger partial charge in [0.05, 0.1) is 6.10 Å². The van der Waals surface area contributed by atoms with E-state index in [1.165, 1.54) is 0 Å². The van der Waals surface area contributed by atoms with Gasteiger partial charge in [-0.2, -0.15) is 4.98 Å². The Morgan fingerprint density at radius 2 is 1.83 bits per heavy atom.